The average Bonchev–Trinajstić information content (AvgIpc) is 2.85. The van der Waals surface area contributed by atoms with E-state index in [1.807, 2.05) is 43.1 Å². The third kappa shape index (κ3) is 4.92. The summed E-state index contributed by atoms with van der Waals surface area (Å²) in [5, 5.41) is 5.49. The van der Waals surface area contributed by atoms with E-state index >= 15 is 0 Å². The standard InChI is InChI=1S/C20H26N6O3/c1-4-22-19-23-11-16-17(24-19)25(3)9-10-26(18(16)27)12-14-5-7-15(8-6-14)13-29-20(28)21-2/h5-8,11H,4,9-10,12-13H2,1-3H3,(H,21,28)(H,22,23,24). The number of likely N-dealkylation sites (N-methyl/N-ethyl adjacent to an activating group) is 1. The zero-order valence-electron chi connectivity index (χ0n) is 16.9. The second-order valence-electron chi connectivity index (χ2n) is 6.75. The Kier molecular flexibility index (Phi) is 6.48. The Morgan fingerprint density at radius 1 is 1.21 bits per heavy atom. The number of rotatable bonds is 6. The van der Waals surface area contributed by atoms with E-state index < -0.39 is 6.09 Å². The molecule has 1 aliphatic rings. The Morgan fingerprint density at radius 2 is 1.93 bits per heavy atom. The second kappa shape index (κ2) is 9.22. The van der Waals surface area contributed by atoms with Crippen molar-refractivity contribution in [2.75, 3.05) is 43.9 Å². The lowest BCUT2D eigenvalue weighted by atomic mass is 10.1. The third-order valence-corrected chi connectivity index (χ3v) is 4.66. The van der Waals surface area contributed by atoms with Gasteiger partial charge in [0.2, 0.25) is 5.95 Å². The first kappa shape index (κ1) is 20.4. The van der Waals surface area contributed by atoms with Crippen LogP contribution in [0.2, 0.25) is 0 Å². The summed E-state index contributed by atoms with van der Waals surface area (Å²) in [5.74, 6) is 1.08. The predicted octanol–water partition coefficient (Wildman–Crippen LogP) is 1.86. The quantitative estimate of drug-likeness (QED) is 0.766. The molecule has 0 spiro atoms. The molecule has 1 aromatic heterocycles. The molecule has 2 amide bonds. The Hall–Kier alpha value is -3.36. The van der Waals surface area contributed by atoms with Crippen molar-refractivity contribution in [3.05, 3.63) is 47.2 Å². The molecule has 2 heterocycles. The lowest BCUT2D eigenvalue weighted by molar-refractivity contribution is 0.0754. The minimum atomic E-state index is -0.466. The molecule has 0 saturated heterocycles. The van der Waals surface area contributed by atoms with Crippen LogP contribution in [-0.4, -0.2) is 60.6 Å². The van der Waals surface area contributed by atoms with Crippen molar-refractivity contribution in [3.8, 4) is 0 Å². The van der Waals surface area contributed by atoms with Crippen molar-refractivity contribution < 1.29 is 14.3 Å². The molecular weight excluding hydrogens is 372 g/mol. The van der Waals surface area contributed by atoms with E-state index in [0.29, 0.717) is 43.5 Å². The number of anilines is 2. The minimum Gasteiger partial charge on any atom is -0.445 e. The van der Waals surface area contributed by atoms with Gasteiger partial charge >= 0.3 is 6.09 Å². The lowest BCUT2D eigenvalue weighted by Gasteiger charge is -2.21. The summed E-state index contributed by atoms with van der Waals surface area (Å²) in [6.07, 6.45) is 1.13. The second-order valence-corrected chi connectivity index (χ2v) is 6.75. The van der Waals surface area contributed by atoms with Crippen LogP contribution in [0, 0.1) is 0 Å². The number of ether oxygens (including phenoxy) is 1. The highest BCUT2D eigenvalue weighted by atomic mass is 16.5. The molecular formula is C20H26N6O3. The molecule has 3 rings (SSSR count). The van der Waals surface area contributed by atoms with Crippen molar-refractivity contribution in [1.29, 1.82) is 0 Å². The van der Waals surface area contributed by atoms with Gasteiger partial charge in [-0.15, -0.1) is 0 Å². The molecule has 1 aliphatic heterocycles. The highest BCUT2D eigenvalue weighted by Gasteiger charge is 2.27. The maximum Gasteiger partial charge on any atom is 0.407 e. The van der Waals surface area contributed by atoms with Gasteiger partial charge in [0.05, 0.1) is 0 Å². The van der Waals surface area contributed by atoms with E-state index in [1.165, 1.54) is 7.05 Å². The number of fused-ring (bicyclic) bond motifs is 1. The fourth-order valence-electron chi connectivity index (χ4n) is 3.04. The molecule has 9 nitrogen and oxygen atoms in total. The monoisotopic (exact) mass is 398 g/mol. The van der Waals surface area contributed by atoms with Crippen LogP contribution in [0.3, 0.4) is 0 Å². The number of benzene rings is 1. The van der Waals surface area contributed by atoms with E-state index in [0.717, 1.165) is 11.1 Å². The van der Waals surface area contributed by atoms with Gasteiger partial charge < -0.3 is 25.2 Å². The molecule has 1 aromatic carbocycles. The number of nitrogens with zero attached hydrogens (tertiary/aromatic N) is 4. The van der Waals surface area contributed by atoms with E-state index in [4.69, 9.17) is 4.74 Å². The van der Waals surface area contributed by atoms with Gasteiger partial charge in [-0.05, 0) is 18.1 Å². The fraction of sp³-hybridized carbons (Fsp3) is 0.400. The normalized spacial score (nSPS) is 13.6. The van der Waals surface area contributed by atoms with Crippen LogP contribution in [0.25, 0.3) is 0 Å². The fourth-order valence-corrected chi connectivity index (χ4v) is 3.04. The van der Waals surface area contributed by atoms with Crippen molar-refractivity contribution in [2.24, 2.45) is 0 Å². The van der Waals surface area contributed by atoms with Crippen molar-refractivity contribution in [1.82, 2.24) is 20.2 Å². The molecule has 0 unspecified atom stereocenters. The van der Waals surface area contributed by atoms with Crippen LogP contribution < -0.4 is 15.5 Å². The zero-order chi connectivity index (χ0) is 20.8. The SMILES string of the molecule is CCNc1ncc2c(n1)N(C)CCN(Cc1ccc(COC(=O)NC)cc1)C2=O. The maximum atomic E-state index is 13.1. The van der Waals surface area contributed by atoms with Crippen molar-refractivity contribution in [2.45, 2.75) is 20.1 Å². The number of amides is 2. The highest BCUT2D eigenvalue weighted by Crippen LogP contribution is 2.23. The molecule has 2 aromatic rings. The molecule has 9 heteroatoms. The number of nitrogens with one attached hydrogen (secondary N) is 2. The van der Waals surface area contributed by atoms with Gasteiger partial charge in [0.1, 0.15) is 18.0 Å². The van der Waals surface area contributed by atoms with Crippen LogP contribution in [0.4, 0.5) is 16.6 Å². The molecule has 0 saturated carbocycles. The van der Waals surface area contributed by atoms with Gasteiger partial charge in [0, 0.05) is 46.5 Å². The van der Waals surface area contributed by atoms with Crippen LogP contribution in [0.1, 0.15) is 28.4 Å². The van der Waals surface area contributed by atoms with Gasteiger partial charge in [-0.25, -0.2) is 9.78 Å². The predicted molar refractivity (Wildman–Crippen MR) is 110 cm³/mol. The average molecular weight is 398 g/mol. The lowest BCUT2D eigenvalue weighted by Crippen LogP contribution is -2.33. The Bertz CT molecular complexity index is 871. The number of aromatic nitrogens is 2. The summed E-state index contributed by atoms with van der Waals surface area (Å²) in [4.78, 5) is 36.8. The van der Waals surface area contributed by atoms with Crippen LogP contribution >= 0.6 is 0 Å². The summed E-state index contributed by atoms with van der Waals surface area (Å²) in [7, 11) is 3.45. The first-order valence-electron chi connectivity index (χ1n) is 9.55. The van der Waals surface area contributed by atoms with Crippen LogP contribution in [0.5, 0.6) is 0 Å². The largest absolute Gasteiger partial charge is 0.445 e. The van der Waals surface area contributed by atoms with Crippen LogP contribution in [0.15, 0.2) is 30.5 Å². The van der Waals surface area contributed by atoms with Gasteiger partial charge in [0.15, 0.2) is 0 Å². The van der Waals surface area contributed by atoms with E-state index in [-0.39, 0.29) is 12.5 Å². The third-order valence-electron chi connectivity index (χ3n) is 4.66. The summed E-state index contributed by atoms with van der Waals surface area (Å²) < 4.78 is 5.04. The Balaban J connectivity index is 1.71. The highest BCUT2D eigenvalue weighted by molar-refractivity contribution is 5.99. The summed E-state index contributed by atoms with van der Waals surface area (Å²) in [6, 6.07) is 7.67. The van der Waals surface area contributed by atoms with Gasteiger partial charge in [-0.2, -0.15) is 4.98 Å². The first-order chi connectivity index (χ1) is 14.0. The van der Waals surface area contributed by atoms with E-state index in [9.17, 15) is 9.59 Å². The van der Waals surface area contributed by atoms with Crippen molar-refractivity contribution in [3.63, 3.8) is 0 Å². The number of alkyl carbamates (subject to hydrolysis) is 1. The van der Waals surface area contributed by atoms with E-state index in [2.05, 4.69) is 20.6 Å². The van der Waals surface area contributed by atoms with Crippen molar-refractivity contribution >= 4 is 23.8 Å². The molecule has 0 fully saturated rings. The minimum absolute atomic E-state index is 0.0839. The van der Waals surface area contributed by atoms with Gasteiger partial charge in [0.25, 0.3) is 5.91 Å². The molecule has 0 aliphatic carbocycles. The smallest absolute Gasteiger partial charge is 0.407 e. The molecule has 0 atom stereocenters. The summed E-state index contributed by atoms with van der Waals surface area (Å²) in [6.45, 7) is 4.64. The first-order valence-corrected chi connectivity index (χ1v) is 9.55. The Labute approximate surface area is 170 Å². The Morgan fingerprint density at radius 3 is 2.62 bits per heavy atom. The molecule has 29 heavy (non-hydrogen) atoms. The van der Waals surface area contributed by atoms with Crippen LogP contribution in [-0.2, 0) is 17.9 Å². The molecule has 0 bridgehead atoms. The topological polar surface area (TPSA) is 99.7 Å². The summed E-state index contributed by atoms with van der Waals surface area (Å²) in [5.41, 5.74) is 2.38. The van der Waals surface area contributed by atoms with Gasteiger partial charge in [-0.1, -0.05) is 24.3 Å². The molecule has 2 N–H and O–H groups in total. The maximum absolute atomic E-state index is 13.1. The zero-order valence-corrected chi connectivity index (χ0v) is 16.9. The number of carbonyl (C=O) groups is 2. The molecule has 154 valence electrons. The number of carbonyl (C=O) groups excluding carboxylic acids is 2. The summed E-state index contributed by atoms with van der Waals surface area (Å²) >= 11 is 0. The van der Waals surface area contributed by atoms with E-state index in [1.54, 1.807) is 11.1 Å². The van der Waals surface area contributed by atoms with Gasteiger partial charge in [-0.3, -0.25) is 4.79 Å². The molecule has 0 radical (unpaired) electrons. The number of hydrogen-bond donors (Lipinski definition) is 2. The number of hydrogen-bond acceptors (Lipinski definition) is 7.